The van der Waals surface area contributed by atoms with E-state index in [2.05, 4.69) is 49.3 Å². The Labute approximate surface area is 260 Å². The maximum atomic E-state index is 11.2. The molecule has 0 bridgehead atoms. The summed E-state index contributed by atoms with van der Waals surface area (Å²) in [6.07, 6.45) is 6.46. The van der Waals surface area contributed by atoms with Gasteiger partial charge in [-0.15, -0.1) is 0 Å². The van der Waals surface area contributed by atoms with Crippen LogP contribution in [0.4, 0.5) is 11.4 Å². The van der Waals surface area contributed by atoms with Crippen LogP contribution in [-0.2, 0) is 31.1 Å². The first-order chi connectivity index (χ1) is 18.1. The molecule has 2 heterocycles. The monoisotopic (exact) mass is 594 g/mol. The molecule has 0 saturated heterocycles. The first-order valence-electron chi connectivity index (χ1n) is 13.0. The zero-order valence-electron chi connectivity index (χ0n) is 23.8. The van der Waals surface area contributed by atoms with E-state index in [9.17, 15) is 25.9 Å². The molecule has 40 heavy (non-hydrogen) atoms. The quantitative estimate of drug-likeness (QED) is 0.230. The minimum atomic E-state index is -4.31. The van der Waals surface area contributed by atoms with Crippen LogP contribution in [0.15, 0.2) is 72.5 Å². The van der Waals surface area contributed by atoms with E-state index in [1.54, 1.807) is 0 Å². The molecule has 2 aliphatic rings. The van der Waals surface area contributed by atoms with Crippen LogP contribution in [0.2, 0.25) is 0 Å². The third-order valence-electron chi connectivity index (χ3n) is 7.66. The fraction of sp³-hybridized carbons (Fsp3) is 0.414. The van der Waals surface area contributed by atoms with Crippen molar-refractivity contribution in [1.82, 2.24) is 0 Å². The summed E-state index contributed by atoms with van der Waals surface area (Å²) in [5.74, 6) is -0.846. The second kappa shape index (κ2) is 12.2. The SMILES string of the molecule is CC1(C)C(=CC=CC2=[N+](CCCS(=O)(=O)[O-])c3ccccc3C2(C)C)N(CCCS(=O)(=O)[O-])c2ccccc21.[Na+]. The Bertz CT molecular complexity index is 1570. The molecule has 2 aromatic carbocycles. The summed E-state index contributed by atoms with van der Waals surface area (Å²) in [5, 5.41) is 0. The van der Waals surface area contributed by atoms with Crippen LogP contribution in [0.5, 0.6) is 0 Å². The van der Waals surface area contributed by atoms with Crippen molar-refractivity contribution in [3.63, 3.8) is 0 Å². The first kappa shape index (κ1) is 32.7. The maximum Gasteiger partial charge on any atom is 1.00 e. The Morgan fingerprint density at radius 2 is 1.40 bits per heavy atom. The topological polar surface area (TPSA) is 121 Å². The molecule has 0 amide bonds. The number of allylic oxidation sites excluding steroid dienone is 4. The second-order valence-electron chi connectivity index (χ2n) is 11.1. The van der Waals surface area contributed by atoms with Gasteiger partial charge in [-0.2, -0.15) is 4.58 Å². The molecule has 0 unspecified atom stereocenters. The Morgan fingerprint density at radius 3 is 2.05 bits per heavy atom. The third kappa shape index (κ3) is 6.98. The van der Waals surface area contributed by atoms with E-state index >= 15 is 0 Å². The number of hydrogen-bond donors (Lipinski definition) is 0. The summed E-state index contributed by atoms with van der Waals surface area (Å²) in [4.78, 5) is 2.08. The molecule has 0 atom stereocenters. The van der Waals surface area contributed by atoms with Gasteiger partial charge >= 0.3 is 29.6 Å². The Morgan fingerprint density at radius 1 is 0.825 bits per heavy atom. The van der Waals surface area contributed by atoms with Crippen molar-refractivity contribution in [2.45, 2.75) is 51.4 Å². The summed E-state index contributed by atoms with van der Waals surface area (Å²) >= 11 is 0. The van der Waals surface area contributed by atoms with Crippen LogP contribution in [0.25, 0.3) is 0 Å². The van der Waals surface area contributed by atoms with Gasteiger partial charge in [0.25, 0.3) is 0 Å². The minimum absolute atomic E-state index is 0. The fourth-order valence-corrected chi connectivity index (χ4v) is 6.76. The second-order valence-corrected chi connectivity index (χ2v) is 14.2. The number of nitrogens with zero attached hydrogens (tertiary/aromatic N) is 2. The first-order valence-corrected chi connectivity index (χ1v) is 16.2. The Balaban J connectivity index is 0.00000441. The minimum Gasteiger partial charge on any atom is -0.748 e. The van der Waals surface area contributed by atoms with E-state index in [1.807, 2.05) is 54.6 Å². The normalized spacial score (nSPS) is 18.8. The van der Waals surface area contributed by atoms with Crippen molar-refractivity contribution in [2.75, 3.05) is 29.5 Å². The summed E-state index contributed by atoms with van der Waals surface area (Å²) in [6.45, 7) is 9.26. The van der Waals surface area contributed by atoms with Crippen LogP contribution in [-0.4, -0.2) is 60.8 Å². The van der Waals surface area contributed by atoms with Crippen molar-refractivity contribution in [2.24, 2.45) is 0 Å². The Hall–Kier alpha value is -1.79. The van der Waals surface area contributed by atoms with Gasteiger partial charge < -0.3 is 14.0 Å². The molecule has 4 rings (SSSR count). The van der Waals surface area contributed by atoms with Gasteiger partial charge in [-0.1, -0.05) is 56.3 Å². The van der Waals surface area contributed by atoms with Crippen LogP contribution in [0.1, 0.15) is 51.7 Å². The number of rotatable bonds is 10. The standard InChI is InChI=1S/C29H36N2O6S2.Na/c1-28(2)22-12-5-7-14-24(22)30(18-10-20-38(32,33)34)26(28)16-9-17-27-29(3,4)23-13-6-8-15-25(23)31(27)19-11-21-39(35,36)37;/h5-9,12-17H,10-11,18-21H2,1-4H3,(H-,32,33,34,35,36,37);/q;+1/p-1. The number of benzene rings is 2. The van der Waals surface area contributed by atoms with Crippen LogP contribution >= 0.6 is 0 Å². The maximum absolute atomic E-state index is 11.2. The molecule has 0 saturated carbocycles. The van der Waals surface area contributed by atoms with Gasteiger partial charge in [-0.05, 0) is 38.0 Å². The summed E-state index contributed by atoms with van der Waals surface area (Å²) in [6, 6.07) is 16.0. The van der Waals surface area contributed by atoms with Gasteiger partial charge in [0, 0.05) is 59.0 Å². The molecule has 2 aromatic rings. The summed E-state index contributed by atoms with van der Waals surface area (Å²) in [5.41, 5.74) is 5.51. The van der Waals surface area contributed by atoms with E-state index < -0.39 is 31.7 Å². The van der Waals surface area contributed by atoms with Gasteiger partial charge in [-0.3, -0.25) is 0 Å². The van der Waals surface area contributed by atoms with E-state index in [0.717, 1.165) is 33.9 Å². The van der Waals surface area contributed by atoms with Crippen molar-refractivity contribution >= 4 is 37.3 Å². The van der Waals surface area contributed by atoms with Crippen LogP contribution < -0.4 is 34.5 Å². The molecule has 0 aromatic heterocycles. The van der Waals surface area contributed by atoms with E-state index in [-0.39, 0.29) is 53.2 Å². The zero-order chi connectivity index (χ0) is 28.6. The molecule has 0 N–H and O–H groups in total. The third-order valence-corrected chi connectivity index (χ3v) is 9.24. The van der Waals surface area contributed by atoms with E-state index in [0.29, 0.717) is 13.1 Å². The van der Waals surface area contributed by atoms with Crippen molar-refractivity contribution in [3.05, 3.63) is 83.6 Å². The molecule has 210 valence electrons. The van der Waals surface area contributed by atoms with Gasteiger partial charge in [-0.25, -0.2) is 16.8 Å². The molecule has 2 aliphatic heterocycles. The van der Waals surface area contributed by atoms with E-state index in [4.69, 9.17) is 0 Å². The molecular weight excluding hydrogens is 559 g/mol. The predicted molar refractivity (Wildman–Crippen MR) is 152 cm³/mol. The molecule has 0 radical (unpaired) electrons. The van der Waals surface area contributed by atoms with Crippen molar-refractivity contribution in [1.29, 1.82) is 0 Å². The van der Waals surface area contributed by atoms with Crippen LogP contribution in [0, 0.1) is 0 Å². The smallest absolute Gasteiger partial charge is 0.748 e. The van der Waals surface area contributed by atoms with Gasteiger partial charge in [0.1, 0.15) is 6.54 Å². The van der Waals surface area contributed by atoms with Crippen molar-refractivity contribution in [3.8, 4) is 0 Å². The number of anilines is 1. The summed E-state index contributed by atoms with van der Waals surface area (Å²) in [7, 11) is -8.61. The number of para-hydroxylation sites is 2. The molecule has 8 nitrogen and oxygen atoms in total. The number of fused-ring (bicyclic) bond motifs is 2. The Kier molecular flexibility index (Phi) is 9.99. The fourth-order valence-electron chi connectivity index (χ4n) is 5.79. The van der Waals surface area contributed by atoms with Gasteiger partial charge in [0.2, 0.25) is 5.69 Å². The summed E-state index contributed by atoms with van der Waals surface area (Å²) < 4.78 is 69.5. The van der Waals surface area contributed by atoms with Crippen LogP contribution in [0.3, 0.4) is 0 Å². The number of hydrogen-bond acceptors (Lipinski definition) is 7. The molecule has 11 heteroatoms. The van der Waals surface area contributed by atoms with E-state index in [1.165, 1.54) is 0 Å². The molecule has 0 fully saturated rings. The largest absolute Gasteiger partial charge is 1.00 e. The van der Waals surface area contributed by atoms with Crippen molar-refractivity contribution < 1.29 is 60.1 Å². The van der Waals surface area contributed by atoms with Gasteiger partial charge in [0.05, 0.1) is 25.7 Å². The molecular formula is C29H35N2NaO6S2. The van der Waals surface area contributed by atoms with Gasteiger partial charge in [0.15, 0.2) is 5.71 Å². The predicted octanol–water partition coefficient (Wildman–Crippen LogP) is 1.18. The zero-order valence-corrected chi connectivity index (χ0v) is 27.4. The average molecular weight is 595 g/mol. The molecule has 0 aliphatic carbocycles. The average Bonchev–Trinajstić information content (AvgIpc) is 3.18. The molecule has 0 spiro atoms.